The van der Waals surface area contributed by atoms with Gasteiger partial charge in [0, 0.05) is 10.5 Å². The molecule has 12 heavy (non-hydrogen) atoms. The molecule has 0 atom stereocenters. The molecule has 0 bridgehead atoms. The zero-order valence-corrected chi connectivity index (χ0v) is 6.34. The van der Waals surface area contributed by atoms with Gasteiger partial charge in [0.05, 0.1) is 6.54 Å². The first-order valence-corrected chi connectivity index (χ1v) is 3.42. The quantitative estimate of drug-likeness (QED) is 0.290. The van der Waals surface area contributed by atoms with Crippen LogP contribution in [0.25, 0.3) is 10.4 Å². The molecule has 0 amide bonds. The Morgan fingerprint density at radius 2 is 2.25 bits per heavy atom. The van der Waals surface area contributed by atoms with Crippen molar-refractivity contribution in [3.8, 4) is 0 Å². The van der Waals surface area contributed by atoms with E-state index in [9.17, 15) is 4.79 Å². The lowest BCUT2D eigenvalue weighted by molar-refractivity contribution is 0.112. The third-order valence-corrected chi connectivity index (χ3v) is 1.49. The number of carbonyl (C=O) groups is 1. The number of aldehydes is 1. The highest BCUT2D eigenvalue weighted by molar-refractivity contribution is 5.77. The lowest BCUT2D eigenvalue weighted by Crippen LogP contribution is -1.88. The van der Waals surface area contributed by atoms with Crippen LogP contribution in [0.15, 0.2) is 29.4 Å². The molecule has 0 N–H and O–H groups in total. The Bertz CT molecular complexity index is 329. The molecule has 0 unspecified atom stereocenters. The Kier molecular flexibility index (Phi) is 2.87. The van der Waals surface area contributed by atoms with Crippen molar-refractivity contribution < 1.29 is 4.79 Å². The van der Waals surface area contributed by atoms with Gasteiger partial charge in [0.1, 0.15) is 6.29 Å². The highest BCUT2D eigenvalue weighted by Gasteiger charge is 1.96. The average molecular weight is 161 g/mol. The van der Waals surface area contributed by atoms with E-state index in [0.717, 1.165) is 11.8 Å². The van der Waals surface area contributed by atoms with Crippen molar-refractivity contribution in [3.63, 3.8) is 0 Å². The fraction of sp³-hybridized carbons (Fsp3) is 0.125. The van der Waals surface area contributed by atoms with Gasteiger partial charge in [-0.3, -0.25) is 4.79 Å². The molecule has 1 rings (SSSR count). The maximum Gasteiger partial charge on any atom is 0.150 e. The fourth-order valence-corrected chi connectivity index (χ4v) is 0.901. The first-order chi connectivity index (χ1) is 5.88. The Labute approximate surface area is 69.5 Å². The van der Waals surface area contributed by atoms with Gasteiger partial charge < -0.3 is 0 Å². The summed E-state index contributed by atoms with van der Waals surface area (Å²) in [6.07, 6.45) is 0.752. The van der Waals surface area contributed by atoms with Crippen LogP contribution in [0, 0.1) is 0 Å². The topological polar surface area (TPSA) is 65.8 Å². The fourth-order valence-electron chi connectivity index (χ4n) is 0.901. The van der Waals surface area contributed by atoms with Crippen molar-refractivity contribution in [2.24, 2.45) is 5.11 Å². The lowest BCUT2D eigenvalue weighted by atomic mass is 10.1. The van der Waals surface area contributed by atoms with Gasteiger partial charge in [-0.2, -0.15) is 0 Å². The molecule has 4 heteroatoms. The molecule has 0 spiro atoms. The van der Waals surface area contributed by atoms with Gasteiger partial charge in [-0.05, 0) is 11.1 Å². The number of benzene rings is 1. The minimum Gasteiger partial charge on any atom is -0.298 e. The van der Waals surface area contributed by atoms with Gasteiger partial charge in [-0.25, -0.2) is 0 Å². The maximum absolute atomic E-state index is 10.5. The molecule has 1 aromatic rings. The van der Waals surface area contributed by atoms with Crippen LogP contribution < -0.4 is 0 Å². The van der Waals surface area contributed by atoms with E-state index in [-0.39, 0.29) is 6.54 Å². The summed E-state index contributed by atoms with van der Waals surface area (Å²) < 4.78 is 0. The molecule has 0 aromatic heterocycles. The van der Waals surface area contributed by atoms with Gasteiger partial charge in [0.25, 0.3) is 0 Å². The number of azide groups is 1. The van der Waals surface area contributed by atoms with Crippen LogP contribution >= 0.6 is 0 Å². The van der Waals surface area contributed by atoms with E-state index in [1.54, 1.807) is 24.3 Å². The van der Waals surface area contributed by atoms with Crippen LogP contribution in [0.1, 0.15) is 15.9 Å². The zero-order chi connectivity index (χ0) is 8.81. The van der Waals surface area contributed by atoms with Crippen LogP contribution in [0.3, 0.4) is 0 Å². The second-order valence-electron chi connectivity index (χ2n) is 2.21. The number of nitrogens with zero attached hydrogens (tertiary/aromatic N) is 3. The summed E-state index contributed by atoms with van der Waals surface area (Å²) in [5.74, 6) is 0. The van der Waals surface area contributed by atoms with E-state index in [1.165, 1.54) is 0 Å². The second-order valence-corrected chi connectivity index (χ2v) is 2.21. The molecule has 60 valence electrons. The van der Waals surface area contributed by atoms with Crippen LogP contribution in [0.2, 0.25) is 0 Å². The Balaban J connectivity index is 2.96. The van der Waals surface area contributed by atoms with E-state index in [0.29, 0.717) is 5.56 Å². The number of hydrogen-bond donors (Lipinski definition) is 0. The zero-order valence-electron chi connectivity index (χ0n) is 6.34. The first kappa shape index (κ1) is 8.30. The standard InChI is InChI=1S/C8H7N3O/c9-11-10-5-7-3-1-2-4-8(7)6-12/h1-4,6H,5H2. The molecule has 4 nitrogen and oxygen atoms in total. The summed E-state index contributed by atoms with van der Waals surface area (Å²) in [5.41, 5.74) is 9.39. The van der Waals surface area contributed by atoms with Crippen LogP contribution in [-0.4, -0.2) is 6.29 Å². The van der Waals surface area contributed by atoms with Crippen molar-refractivity contribution >= 4 is 6.29 Å². The SMILES string of the molecule is [N-]=[N+]=NCc1ccccc1C=O. The molecule has 0 fully saturated rings. The van der Waals surface area contributed by atoms with Crippen molar-refractivity contribution in [2.45, 2.75) is 6.54 Å². The predicted octanol–water partition coefficient (Wildman–Crippen LogP) is 2.31. The van der Waals surface area contributed by atoms with Crippen LogP contribution in [0.5, 0.6) is 0 Å². The number of carbonyl (C=O) groups excluding carboxylic acids is 1. The Hall–Kier alpha value is -1.80. The van der Waals surface area contributed by atoms with Gasteiger partial charge in [-0.15, -0.1) is 0 Å². The third kappa shape index (κ3) is 1.84. The van der Waals surface area contributed by atoms with Crippen molar-refractivity contribution in [2.75, 3.05) is 0 Å². The molecule has 0 radical (unpaired) electrons. The summed E-state index contributed by atoms with van der Waals surface area (Å²) in [4.78, 5) is 13.1. The van der Waals surface area contributed by atoms with Gasteiger partial charge in [0.2, 0.25) is 0 Å². The van der Waals surface area contributed by atoms with Crippen molar-refractivity contribution in [1.82, 2.24) is 0 Å². The molecule has 0 aliphatic carbocycles. The van der Waals surface area contributed by atoms with E-state index in [4.69, 9.17) is 5.53 Å². The lowest BCUT2D eigenvalue weighted by Gasteiger charge is -1.97. The maximum atomic E-state index is 10.5. The summed E-state index contributed by atoms with van der Waals surface area (Å²) in [6, 6.07) is 7.02. The smallest absolute Gasteiger partial charge is 0.150 e. The average Bonchev–Trinajstić information content (AvgIpc) is 2.15. The monoisotopic (exact) mass is 161 g/mol. The van der Waals surface area contributed by atoms with Crippen LogP contribution in [0.4, 0.5) is 0 Å². The summed E-state index contributed by atoms with van der Waals surface area (Å²) in [7, 11) is 0. The molecule has 0 heterocycles. The number of rotatable bonds is 3. The largest absolute Gasteiger partial charge is 0.298 e. The Morgan fingerprint density at radius 1 is 1.50 bits per heavy atom. The van der Waals surface area contributed by atoms with Crippen LogP contribution in [-0.2, 0) is 6.54 Å². The molecule has 0 aliphatic rings. The minimum absolute atomic E-state index is 0.228. The Morgan fingerprint density at radius 3 is 2.92 bits per heavy atom. The molecule has 0 saturated carbocycles. The van der Waals surface area contributed by atoms with E-state index >= 15 is 0 Å². The van der Waals surface area contributed by atoms with E-state index in [1.807, 2.05) is 0 Å². The van der Waals surface area contributed by atoms with Crippen molar-refractivity contribution in [1.29, 1.82) is 0 Å². The molecule has 0 aliphatic heterocycles. The van der Waals surface area contributed by atoms with Gasteiger partial charge >= 0.3 is 0 Å². The highest BCUT2D eigenvalue weighted by atomic mass is 16.1. The number of hydrogen-bond acceptors (Lipinski definition) is 2. The van der Waals surface area contributed by atoms with Crippen molar-refractivity contribution in [3.05, 3.63) is 45.8 Å². The summed E-state index contributed by atoms with van der Waals surface area (Å²) >= 11 is 0. The van der Waals surface area contributed by atoms with E-state index in [2.05, 4.69) is 10.0 Å². The predicted molar refractivity (Wildman–Crippen MR) is 44.7 cm³/mol. The summed E-state index contributed by atoms with van der Waals surface area (Å²) in [6.45, 7) is 0.228. The first-order valence-electron chi connectivity index (χ1n) is 3.42. The van der Waals surface area contributed by atoms with E-state index < -0.39 is 0 Å². The molecule has 0 saturated heterocycles. The van der Waals surface area contributed by atoms with Gasteiger partial charge in [-0.1, -0.05) is 29.4 Å². The minimum atomic E-state index is 0.228. The molecule has 1 aromatic carbocycles. The third-order valence-electron chi connectivity index (χ3n) is 1.49. The van der Waals surface area contributed by atoms with Gasteiger partial charge in [0.15, 0.2) is 0 Å². The molecular formula is C8H7N3O. The second kappa shape index (κ2) is 4.16. The highest BCUT2D eigenvalue weighted by Crippen LogP contribution is 2.07. The molecular weight excluding hydrogens is 154 g/mol. The summed E-state index contributed by atoms with van der Waals surface area (Å²) in [5, 5.41) is 3.37. The normalized spacial score (nSPS) is 8.67.